The highest BCUT2D eigenvalue weighted by Crippen LogP contribution is 2.31. The van der Waals surface area contributed by atoms with Gasteiger partial charge in [-0.3, -0.25) is 0 Å². The van der Waals surface area contributed by atoms with E-state index in [1.165, 1.54) is 41.5 Å². The average Bonchev–Trinajstić information content (AvgIpc) is 2.55. The minimum Gasteiger partial charge on any atom is -0.317 e. The number of halogens is 1. The van der Waals surface area contributed by atoms with E-state index in [1.54, 1.807) is 0 Å². The first kappa shape index (κ1) is 11.6. The van der Waals surface area contributed by atoms with Gasteiger partial charge in [0.1, 0.15) is 0 Å². The quantitative estimate of drug-likeness (QED) is 0.868. The van der Waals surface area contributed by atoms with Crippen molar-refractivity contribution in [2.75, 3.05) is 7.05 Å². The number of nitrogens with one attached hydrogen (secondary N) is 1. The highest BCUT2D eigenvalue weighted by molar-refractivity contribution is 9.10. The predicted molar refractivity (Wildman–Crippen MR) is 70.5 cm³/mol. The summed E-state index contributed by atoms with van der Waals surface area (Å²) in [6.45, 7) is 0. The normalized spacial score (nSPS) is 18.8. The molecule has 0 aliphatic heterocycles. The van der Waals surface area contributed by atoms with Gasteiger partial charge in [-0.05, 0) is 47.8 Å². The second-order valence-electron chi connectivity index (χ2n) is 4.45. The Hall–Kier alpha value is 0.140. The van der Waals surface area contributed by atoms with Gasteiger partial charge in [-0.25, -0.2) is 0 Å². The molecule has 15 heavy (non-hydrogen) atoms. The lowest BCUT2D eigenvalue weighted by Crippen LogP contribution is -2.31. The van der Waals surface area contributed by atoms with Crippen molar-refractivity contribution in [2.24, 2.45) is 5.92 Å². The number of likely N-dealkylation sites (N-methyl/N-ethyl adjacent to an activating group) is 1. The molecule has 1 aliphatic rings. The zero-order chi connectivity index (χ0) is 10.7. The number of thiophene rings is 1. The van der Waals surface area contributed by atoms with Crippen molar-refractivity contribution < 1.29 is 0 Å². The molecule has 0 amide bonds. The standard InChI is InChI=1S/C12H18BrNS/c1-14-11(5-9-3-2-4-9)7-12-6-10(13)8-15-12/h6,8-9,11,14H,2-5,7H2,1H3. The molecule has 1 aliphatic carbocycles. The fourth-order valence-electron chi connectivity index (χ4n) is 2.14. The second kappa shape index (κ2) is 5.46. The molecule has 0 radical (unpaired) electrons. The Bertz CT molecular complexity index is 306. The fourth-order valence-corrected chi connectivity index (χ4v) is 3.67. The highest BCUT2D eigenvalue weighted by Gasteiger charge is 2.21. The van der Waals surface area contributed by atoms with E-state index < -0.39 is 0 Å². The monoisotopic (exact) mass is 287 g/mol. The van der Waals surface area contributed by atoms with Crippen molar-refractivity contribution in [3.8, 4) is 0 Å². The zero-order valence-electron chi connectivity index (χ0n) is 9.13. The minimum atomic E-state index is 0.667. The third-order valence-corrected chi connectivity index (χ3v) is 5.04. The zero-order valence-corrected chi connectivity index (χ0v) is 11.5. The first-order chi connectivity index (χ1) is 7.28. The third kappa shape index (κ3) is 3.30. The molecule has 0 saturated heterocycles. The molecule has 1 N–H and O–H groups in total. The van der Waals surface area contributed by atoms with Gasteiger partial charge in [-0.15, -0.1) is 11.3 Å². The van der Waals surface area contributed by atoms with Gasteiger partial charge in [0.05, 0.1) is 0 Å². The Kier molecular flexibility index (Phi) is 4.23. The largest absolute Gasteiger partial charge is 0.317 e. The summed E-state index contributed by atoms with van der Waals surface area (Å²) < 4.78 is 1.22. The molecule has 1 aromatic heterocycles. The van der Waals surface area contributed by atoms with Crippen LogP contribution in [-0.4, -0.2) is 13.1 Å². The van der Waals surface area contributed by atoms with E-state index in [0.717, 1.165) is 5.92 Å². The number of hydrogen-bond acceptors (Lipinski definition) is 2. The molecule has 1 atom stereocenters. The van der Waals surface area contributed by atoms with Crippen LogP contribution < -0.4 is 5.32 Å². The van der Waals surface area contributed by atoms with E-state index in [1.807, 2.05) is 11.3 Å². The lowest BCUT2D eigenvalue weighted by molar-refractivity contribution is 0.264. The molecule has 3 heteroatoms. The maximum Gasteiger partial charge on any atom is 0.0285 e. The van der Waals surface area contributed by atoms with E-state index >= 15 is 0 Å². The van der Waals surface area contributed by atoms with E-state index in [9.17, 15) is 0 Å². The van der Waals surface area contributed by atoms with Crippen molar-refractivity contribution in [1.82, 2.24) is 5.32 Å². The smallest absolute Gasteiger partial charge is 0.0285 e. The van der Waals surface area contributed by atoms with Gasteiger partial charge >= 0.3 is 0 Å². The molecule has 1 saturated carbocycles. The third-order valence-electron chi connectivity index (χ3n) is 3.32. The fraction of sp³-hybridized carbons (Fsp3) is 0.667. The minimum absolute atomic E-state index is 0.667. The molecule has 1 fully saturated rings. The van der Waals surface area contributed by atoms with Crippen LogP contribution in [0.1, 0.15) is 30.6 Å². The van der Waals surface area contributed by atoms with E-state index in [2.05, 4.69) is 39.7 Å². The summed E-state index contributed by atoms with van der Waals surface area (Å²) in [5, 5.41) is 5.62. The first-order valence-electron chi connectivity index (χ1n) is 5.68. The van der Waals surface area contributed by atoms with Gasteiger partial charge in [0.15, 0.2) is 0 Å². The van der Waals surface area contributed by atoms with Crippen molar-refractivity contribution in [3.63, 3.8) is 0 Å². The van der Waals surface area contributed by atoms with Crippen LogP contribution in [0.4, 0.5) is 0 Å². The Morgan fingerprint density at radius 2 is 2.40 bits per heavy atom. The summed E-state index contributed by atoms with van der Waals surface area (Å²) in [5.41, 5.74) is 0. The van der Waals surface area contributed by atoms with Crippen LogP contribution in [0.5, 0.6) is 0 Å². The van der Waals surface area contributed by atoms with Crippen LogP contribution in [0, 0.1) is 5.92 Å². The van der Waals surface area contributed by atoms with Crippen LogP contribution >= 0.6 is 27.3 Å². The van der Waals surface area contributed by atoms with Crippen molar-refractivity contribution >= 4 is 27.3 Å². The summed E-state index contributed by atoms with van der Waals surface area (Å²) in [5.74, 6) is 0.992. The lowest BCUT2D eigenvalue weighted by atomic mass is 9.80. The molecular weight excluding hydrogens is 270 g/mol. The van der Waals surface area contributed by atoms with Gasteiger partial charge in [-0.2, -0.15) is 0 Å². The van der Waals surface area contributed by atoms with Gasteiger partial charge in [0.25, 0.3) is 0 Å². The number of hydrogen-bond donors (Lipinski definition) is 1. The summed E-state index contributed by atoms with van der Waals surface area (Å²) in [6.07, 6.45) is 6.89. The molecule has 1 aromatic rings. The second-order valence-corrected chi connectivity index (χ2v) is 6.37. The Balaban J connectivity index is 1.84. The molecule has 0 spiro atoms. The Morgan fingerprint density at radius 1 is 1.60 bits per heavy atom. The van der Waals surface area contributed by atoms with E-state index in [-0.39, 0.29) is 0 Å². The molecule has 1 unspecified atom stereocenters. The van der Waals surface area contributed by atoms with Crippen LogP contribution in [0.25, 0.3) is 0 Å². The molecule has 1 heterocycles. The summed E-state index contributed by atoms with van der Waals surface area (Å²) >= 11 is 5.37. The van der Waals surface area contributed by atoms with Crippen molar-refractivity contribution in [1.29, 1.82) is 0 Å². The van der Waals surface area contributed by atoms with E-state index in [4.69, 9.17) is 0 Å². The van der Waals surface area contributed by atoms with Crippen LogP contribution in [0.15, 0.2) is 15.9 Å². The van der Waals surface area contributed by atoms with Crippen molar-refractivity contribution in [2.45, 2.75) is 38.1 Å². The maximum atomic E-state index is 3.51. The predicted octanol–water partition coefficient (Wildman–Crippen LogP) is 3.83. The number of rotatable bonds is 5. The Morgan fingerprint density at radius 3 is 2.87 bits per heavy atom. The lowest BCUT2D eigenvalue weighted by Gasteiger charge is -2.29. The molecule has 1 nitrogen and oxygen atoms in total. The summed E-state index contributed by atoms with van der Waals surface area (Å²) in [6, 6.07) is 2.91. The van der Waals surface area contributed by atoms with Crippen molar-refractivity contribution in [3.05, 3.63) is 20.8 Å². The van der Waals surface area contributed by atoms with Crippen LogP contribution in [0.3, 0.4) is 0 Å². The molecule has 2 rings (SSSR count). The molecule has 0 bridgehead atoms. The van der Waals surface area contributed by atoms with E-state index in [0.29, 0.717) is 6.04 Å². The molecule has 84 valence electrons. The molecule has 0 aromatic carbocycles. The van der Waals surface area contributed by atoms with Crippen LogP contribution in [0.2, 0.25) is 0 Å². The Labute approximate surface area is 104 Å². The van der Waals surface area contributed by atoms with Gasteiger partial charge < -0.3 is 5.32 Å². The highest BCUT2D eigenvalue weighted by atomic mass is 79.9. The summed E-state index contributed by atoms with van der Waals surface area (Å²) in [4.78, 5) is 1.49. The average molecular weight is 288 g/mol. The van der Waals surface area contributed by atoms with Crippen LogP contribution in [-0.2, 0) is 6.42 Å². The van der Waals surface area contributed by atoms with Gasteiger partial charge in [0.2, 0.25) is 0 Å². The first-order valence-corrected chi connectivity index (χ1v) is 7.35. The van der Waals surface area contributed by atoms with Gasteiger partial charge in [0, 0.05) is 20.8 Å². The summed E-state index contributed by atoms with van der Waals surface area (Å²) in [7, 11) is 2.09. The SMILES string of the molecule is CNC(Cc1cc(Br)cs1)CC1CCC1. The molecular formula is C12H18BrNS. The maximum absolute atomic E-state index is 3.51. The topological polar surface area (TPSA) is 12.0 Å². The van der Waals surface area contributed by atoms with Gasteiger partial charge in [-0.1, -0.05) is 19.3 Å².